The summed E-state index contributed by atoms with van der Waals surface area (Å²) in [5.41, 5.74) is 0.828. The normalized spacial score (nSPS) is 27.4. The molecule has 5 nitrogen and oxygen atoms in total. The Bertz CT molecular complexity index is 488. The van der Waals surface area contributed by atoms with Crippen molar-refractivity contribution in [3.8, 4) is 0 Å². The molecule has 0 amide bonds. The van der Waals surface area contributed by atoms with Crippen molar-refractivity contribution in [3.63, 3.8) is 0 Å². The average Bonchev–Trinajstić information content (AvgIpc) is 2.95. The molecule has 19 heavy (non-hydrogen) atoms. The second kappa shape index (κ2) is 5.19. The van der Waals surface area contributed by atoms with Gasteiger partial charge < -0.3 is 9.84 Å². The number of morpholine rings is 1. The molecule has 0 spiro atoms. The van der Waals surface area contributed by atoms with Gasteiger partial charge in [-0.3, -0.25) is 9.69 Å². The molecule has 0 aromatic carbocycles. The summed E-state index contributed by atoms with van der Waals surface area (Å²) >= 11 is 1.48. The van der Waals surface area contributed by atoms with E-state index in [1.54, 1.807) is 0 Å². The fourth-order valence-electron chi connectivity index (χ4n) is 2.86. The molecule has 2 fully saturated rings. The van der Waals surface area contributed by atoms with Gasteiger partial charge >= 0.3 is 5.97 Å². The van der Waals surface area contributed by atoms with E-state index in [0.717, 1.165) is 35.3 Å². The van der Waals surface area contributed by atoms with Gasteiger partial charge in [-0.1, -0.05) is 0 Å². The van der Waals surface area contributed by atoms with Crippen LogP contribution in [0.15, 0.2) is 0 Å². The van der Waals surface area contributed by atoms with E-state index in [1.807, 2.05) is 6.92 Å². The summed E-state index contributed by atoms with van der Waals surface area (Å²) in [5, 5.41) is 9.80. The maximum Gasteiger partial charge on any atom is 0.308 e. The number of nitrogens with zero attached hydrogens (tertiary/aromatic N) is 2. The molecule has 0 radical (unpaired) electrons. The molecule has 2 unspecified atom stereocenters. The molecule has 3 heterocycles. The van der Waals surface area contributed by atoms with E-state index in [2.05, 4.69) is 9.88 Å². The quantitative estimate of drug-likeness (QED) is 0.912. The summed E-state index contributed by atoms with van der Waals surface area (Å²) in [5.74, 6) is -0.803. The van der Waals surface area contributed by atoms with Crippen LogP contribution in [0.3, 0.4) is 0 Å². The third-order valence-electron chi connectivity index (χ3n) is 3.89. The lowest BCUT2D eigenvalue weighted by molar-refractivity contribution is -0.136. The van der Waals surface area contributed by atoms with Crippen molar-refractivity contribution < 1.29 is 14.6 Å². The maximum atomic E-state index is 10.8. The van der Waals surface area contributed by atoms with Gasteiger partial charge in [0.05, 0.1) is 18.7 Å². The molecule has 0 bridgehead atoms. The van der Waals surface area contributed by atoms with E-state index < -0.39 is 5.97 Å². The van der Waals surface area contributed by atoms with Gasteiger partial charge in [0.25, 0.3) is 0 Å². The first-order valence-electron chi connectivity index (χ1n) is 6.67. The van der Waals surface area contributed by atoms with Crippen molar-refractivity contribution in [2.45, 2.75) is 38.3 Å². The van der Waals surface area contributed by atoms with E-state index in [4.69, 9.17) is 9.84 Å². The Hall–Kier alpha value is -0.980. The molecule has 1 aromatic heterocycles. The van der Waals surface area contributed by atoms with E-state index in [-0.39, 0.29) is 12.5 Å². The Morgan fingerprint density at radius 2 is 2.47 bits per heavy atom. The lowest BCUT2D eigenvalue weighted by Gasteiger charge is -2.34. The number of aromatic nitrogens is 1. The van der Waals surface area contributed by atoms with Crippen molar-refractivity contribution >= 4 is 17.3 Å². The van der Waals surface area contributed by atoms with E-state index in [9.17, 15) is 4.79 Å². The van der Waals surface area contributed by atoms with Crippen molar-refractivity contribution in [2.75, 3.05) is 19.7 Å². The van der Waals surface area contributed by atoms with Gasteiger partial charge in [-0.05, 0) is 26.3 Å². The minimum atomic E-state index is -0.803. The van der Waals surface area contributed by atoms with Crippen LogP contribution >= 0.6 is 11.3 Å². The van der Waals surface area contributed by atoms with E-state index in [1.165, 1.54) is 24.2 Å². The Morgan fingerprint density at radius 3 is 3.26 bits per heavy atom. The largest absolute Gasteiger partial charge is 0.481 e. The van der Waals surface area contributed by atoms with Gasteiger partial charge in [0.2, 0.25) is 0 Å². The summed E-state index contributed by atoms with van der Waals surface area (Å²) in [6.07, 6.45) is 2.55. The zero-order valence-corrected chi connectivity index (χ0v) is 11.8. The lowest BCUT2D eigenvalue weighted by Crippen LogP contribution is -2.42. The maximum absolute atomic E-state index is 10.8. The van der Waals surface area contributed by atoms with E-state index >= 15 is 0 Å². The topological polar surface area (TPSA) is 62.7 Å². The average molecular weight is 282 g/mol. The number of hydrogen-bond donors (Lipinski definition) is 1. The number of ether oxygens (including phenoxy) is 1. The van der Waals surface area contributed by atoms with Gasteiger partial charge in [-0.25, -0.2) is 4.98 Å². The molecule has 2 saturated heterocycles. The zero-order valence-electron chi connectivity index (χ0n) is 11.0. The number of carboxylic acids is 1. The first kappa shape index (κ1) is 13.0. The summed E-state index contributed by atoms with van der Waals surface area (Å²) in [6, 6.07) is 0.579. The van der Waals surface area contributed by atoms with E-state index in [0.29, 0.717) is 6.04 Å². The fraction of sp³-hybridized carbons (Fsp3) is 0.692. The molecule has 6 heteroatoms. The van der Waals surface area contributed by atoms with Crippen LogP contribution in [0, 0.1) is 6.92 Å². The molecule has 0 saturated carbocycles. The highest BCUT2D eigenvalue weighted by atomic mass is 32.1. The molecule has 3 rings (SSSR count). The highest BCUT2D eigenvalue weighted by Crippen LogP contribution is 2.33. The van der Waals surface area contributed by atoms with Crippen molar-refractivity contribution in [2.24, 2.45) is 0 Å². The van der Waals surface area contributed by atoms with Gasteiger partial charge in [-0.15, -0.1) is 11.3 Å². The smallest absolute Gasteiger partial charge is 0.308 e. The molecule has 104 valence electrons. The Labute approximate surface area is 116 Å². The second-order valence-electron chi connectivity index (χ2n) is 5.24. The van der Waals surface area contributed by atoms with Crippen LogP contribution in [-0.4, -0.2) is 46.7 Å². The van der Waals surface area contributed by atoms with Crippen molar-refractivity contribution in [1.29, 1.82) is 0 Å². The molecule has 1 N–H and O–H groups in total. The van der Waals surface area contributed by atoms with Crippen LogP contribution in [0.25, 0.3) is 0 Å². The number of thiazole rings is 1. The number of fused-ring (bicyclic) bond motifs is 1. The molecule has 1 aromatic rings. The highest BCUT2D eigenvalue weighted by Gasteiger charge is 2.34. The highest BCUT2D eigenvalue weighted by molar-refractivity contribution is 7.11. The van der Waals surface area contributed by atoms with Gasteiger partial charge in [0, 0.05) is 17.5 Å². The fourth-order valence-corrected chi connectivity index (χ4v) is 3.95. The number of carboxylic acid groups (broad SMARTS) is 1. The standard InChI is InChI=1S/C13H18N2O3S/c1-8-11(5-12(16)17)19-13(14-8)10-6-15-4-2-3-9(15)7-18-10/h9-10H,2-7H2,1H3,(H,16,17). The minimum absolute atomic E-state index is 0.0144. The Balaban J connectivity index is 1.73. The predicted molar refractivity (Wildman–Crippen MR) is 71.5 cm³/mol. The zero-order chi connectivity index (χ0) is 13.4. The molecule has 2 aliphatic heterocycles. The Kier molecular flexibility index (Phi) is 3.56. The minimum Gasteiger partial charge on any atom is -0.481 e. The second-order valence-corrected chi connectivity index (χ2v) is 6.36. The van der Waals surface area contributed by atoms with Gasteiger partial charge in [0.15, 0.2) is 0 Å². The van der Waals surface area contributed by atoms with Crippen molar-refractivity contribution in [3.05, 3.63) is 15.6 Å². The third-order valence-corrected chi connectivity index (χ3v) is 5.14. The monoisotopic (exact) mass is 282 g/mol. The summed E-state index contributed by atoms with van der Waals surface area (Å²) < 4.78 is 5.91. The molecule has 0 aliphatic carbocycles. The number of aliphatic carboxylic acids is 1. The summed E-state index contributed by atoms with van der Waals surface area (Å²) in [4.78, 5) is 18.6. The number of carbonyl (C=O) groups is 1. The molecular formula is C13H18N2O3S. The van der Waals surface area contributed by atoms with Crippen LogP contribution in [-0.2, 0) is 16.0 Å². The van der Waals surface area contributed by atoms with Crippen LogP contribution in [0.2, 0.25) is 0 Å². The van der Waals surface area contributed by atoms with Crippen LogP contribution in [0.4, 0.5) is 0 Å². The molecular weight excluding hydrogens is 264 g/mol. The van der Waals surface area contributed by atoms with Crippen molar-refractivity contribution in [1.82, 2.24) is 9.88 Å². The molecule has 2 aliphatic rings. The number of rotatable bonds is 3. The first-order chi connectivity index (χ1) is 9.13. The Morgan fingerprint density at radius 1 is 1.63 bits per heavy atom. The number of aryl methyl sites for hydroxylation is 1. The number of hydrogen-bond acceptors (Lipinski definition) is 5. The first-order valence-corrected chi connectivity index (χ1v) is 7.49. The van der Waals surface area contributed by atoms with Crippen LogP contribution in [0.5, 0.6) is 0 Å². The molecule has 2 atom stereocenters. The SMILES string of the molecule is Cc1nc(C2CN3CCCC3CO2)sc1CC(=O)O. The third kappa shape index (κ3) is 2.66. The summed E-state index contributed by atoms with van der Waals surface area (Å²) in [6.45, 7) is 4.69. The predicted octanol–water partition coefficient (Wildman–Crippen LogP) is 1.61. The van der Waals surface area contributed by atoms with Crippen LogP contribution in [0.1, 0.15) is 34.5 Å². The van der Waals surface area contributed by atoms with Crippen LogP contribution < -0.4 is 0 Å². The summed E-state index contributed by atoms with van der Waals surface area (Å²) in [7, 11) is 0. The van der Waals surface area contributed by atoms with Gasteiger partial charge in [-0.2, -0.15) is 0 Å². The van der Waals surface area contributed by atoms with Gasteiger partial charge in [0.1, 0.15) is 11.1 Å². The lowest BCUT2D eigenvalue weighted by atomic mass is 10.2.